The first kappa shape index (κ1) is 14.6. The fourth-order valence-electron chi connectivity index (χ4n) is 2.85. The molecule has 0 heterocycles. The van der Waals surface area contributed by atoms with Crippen molar-refractivity contribution in [1.29, 1.82) is 0 Å². The van der Waals surface area contributed by atoms with E-state index in [1.165, 1.54) is 44.6 Å². The summed E-state index contributed by atoms with van der Waals surface area (Å²) in [7, 11) is 0. The molecular weight excluding hydrogens is 242 g/mol. The van der Waals surface area contributed by atoms with Gasteiger partial charge in [-0.1, -0.05) is 29.8 Å². The van der Waals surface area contributed by atoms with Crippen molar-refractivity contribution in [3.8, 4) is 0 Å². The second-order valence-corrected chi connectivity index (χ2v) is 5.99. The Bertz CT molecular complexity index is 615. The first-order chi connectivity index (χ1) is 9.38. The summed E-state index contributed by atoms with van der Waals surface area (Å²) in [6.07, 6.45) is 0. The van der Waals surface area contributed by atoms with Gasteiger partial charge in [0, 0.05) is 12.2 Å². The van der Waals surface area contributed by atoms with Gasteiger partial charge in [0.05, 0.1) is 0 Å². The van der Waals surface area contributed by atoms with Gasteiger partial charge in [-0.25, -0.2) is 0 Å². The molecule has 0 fully saturated rings. The Morgan fingerprint density at radius 2 is 1.20 bits per heavy atom. The average Bonchev–Trinajstić information content (AvgIpc) is 2.33. The lowest BCUT2D eigenvalue weighted by Gasteiger charge is -2.16. The Balaban J connectivity index is 2.23. The maximum Gasteiger partial charge on any atom is 0.0403 e. The Labute approximate surface area is 123 Å². The summed E-state index contributed by atoms with van der Waals surface area (Å²) in [5.41, 5.74) is 10.7. The monoisotopic (exact) mass is 267 g/mol. The summed E-state index contributed by atoms with van der Waals surface area (Å²) in [5, 5.41) is 3.61. The van der Waals surface area contributed by atoms with Gasteiger partial charge in [0.1, 0.15) is 0 Å². The van der Waals surface area contributed by atoms with Crippen molar-refractivity contribution in [3.63, 3.8) is 0 Å². The molecule has 1 heteroatoms. The second kappa shape index (κ2) is 5.70. The Kier molecular flexibility index (Phi) is 4.17. The molecule has 1 N–H and O–H groups in total. The summed E-state index contributed by atoms with van der Waals surface area (Å²) in [6, 6.07) is 9.06. The molecule has 2 aromatic carbocycles. The van der Waals surface area contributed by atoms with E-state index in [1.807, 2.05) is 0 Å². The smallest absolute Gasteiger partial charge is 0.0403 e. The van der Waals surface area contributed by atoms with Crippen LogP contribution in [0.15, 0.2) is 24.3 Å². The van der Waals surface area contributed by atoms with Crippen LogP contribution in [0.4, 0.5) is 5.69 Å². The molecule has 0 saturated carbocycles. The van der Waals surface area contributed by atoms with E-state index in [1.54, 1.807) is 0 Å². The van der Waals surface area contributed by atoms with Gasteiger partial charge < -0.3 is 5.32 Å². The van der Waals surface area contributed by atoms with Crippen LogP contribution in [0.2, 0.25) is 0 Å². The fraction of sp³-hybridized carbons (Fsp3) is 0.368. The number of anilines is 1. The van der Waals surface area contributed by atoms with Gasteiger partial charge in [-0.15, -0.1) is 0 Å². The third kappa shape index (κ3) is 3.04. The van der Waals surface area contributed by atoms with Crippen LogP contribution in [-0.2, 0) is 6.54 Å². The minimum Gasteiger partial charge on any atom is -0.381 e. The topological polar surface area (TPSA) is 12.0 Å². The first-order valence-corrected chi connectivity index (χ1v) is 7.27. The maximum atomic E-state index is 3.61. The van der Waals surface area contributed by atoms with E-state index in [4.69, 9.17) is 0 Å². The molecule has 0 aromatic heterocycles. The van der Waals surface area contributed by atoms with Gasteiger partial charge in [-0.05, 0) is 74.9 Å². The van der Waals surface area contributed by atoms with Crippen LogP contribution in [0.5, 0.6) is 0 Å². The first-order valence-electron chi connectivity index (χ1n) is 7.27. The molecule has 20 heavy (non-hydrogen) atoms. The Morgan fingerprint density at radius 1 is 0.650 bits per heavy atom. The van der Waals surface area contributed by atoms with Crippen molar-refractivity contribution in [2.45, 2.75) is 48.1 Å². The molecule has 0 aliphatic rings. The Morgan fingerprint density at radius 3 is 1.80 bits per heavy atom. The fourth-order valence-corrected chi connectivity index (χ4v) is 2.85. The molecule has 0 spiro atoms. The molecule has 0 aliphatic heterocycles. The van der Waals surface area contributed by atoms with Crippen LogP contribution in [0, 0.1) is 41.5 Å². The van der Waals surface area contributed by atoms with Crippen molar-refractivity contribution in [1.82, 2.24) is 0 Å². The van der Waals surface area contributed by atoms with Crippen LogP contribution < -0.4 is 5.32 Å². The van der Waals surface area contributed by atoms with E-state index in [-0.39, 0.29) is 0 Å². The van der Waals surface area contributed by atoms with Gasteiger partial charge in [0.2, 0.25) is 0 Å². The van der Waals surface area contributed by atoms with E-state index >= 15 is 0 Å². The molecule has 0 saturated heterocycles. The van der Waals surface area contributed by atoms with Crippen LogP contribution in [0.25, 0.3) is 0 Å². The highest BCUT2D eigenvalue weighted by Crippen LogP contribution is 2.23. The third-order valence-corrected chi connectivity index (χ3v) is 4.08. The molecule has 0 unspecified atom stereocenters. The largest absolute Gasteiger partial charge is 0.381 e. The maximum absolute atomic E-state index is 3.61. The van der Waals surface area contributed by atoms with Crippen molar-refractivity contribution in [2.75, 3.05) is 5.32 Å². The minimum atomic E-state index is 0.887. The van der Waals surface area contributed by atoms with Crippen molar-refractivity contribution in [3.05, 3.63) is 63.2 Å². The van der Waals surface area contributed by atoms with Crippen LogP contribution in [-0.4, -0.2) is 0 Å². The lowest BCUT2D eigenvalue weighted by Crippen LogP contribution is -2.05. The zero-order chi connectivity index (χ0) is 14.9. The number of aryl methyl sites for hydroxylation is 6. The van der Waals surface area contributed by atoms with Gasteiger partial charge >= 0.3 is 0 Å². The van der Waals surface area contributed by atoms with Gasteiger partial charge in [0.15, 0.2) is 0 Å². The standard InChI is InChI=1S/C19H25N/c1-12-7-16(5)19(17(6)8-12)20-11-18-10-14(3)13(2)9-15(18)4/h7-10,20H,11H2,1-6H3. The lowest BCUT2D eigenvalue weighted by atomic mass is 10.00. The Hall–Kier alpha value is -1.76. The highest BCUT2D eigenvalue weighted by Gasteiger charge is 2.06. The number of rotatable bonds is 3. The van der Waals surface area contributed by atoms with Crippen LogP contribution in [0.1, 0.15) is 38.9 Å². The molecule has 2 aromatic rings. The van der Waals surface area contributed by atoms with Gasteiger partial charge in [-0.2, -0.15) is 0 Å². The third-order valence-electron chi connectivity index (χ3n) is 4.08. The molecule has 106 valence electrons. The lowest BCUT2D eigenvalue weighted by molar-refractivity contribution is 1.09. The predicted octanol–water partition coefficient (Wildman–Crippen LogP) is 5.15. The van der Waals surface area contributed by atoms with Gasteiger partial charge in [-0.3, -0.25) is 0 Å². The average molecular weight is 267 g/mol. The zero-order valence-corrected chi connectivity index (χ0v) is 13.5. The molecule has 0 amide bonds. The quantitative estimate of drug-likeness (QED) is 0.811. The number of hydrogen-bond donors (Lipinski definition) is 1. The summed E-state index contributed by atoms with van der Waals surface area (Å²) in [6.45, 7) is 13.9. The molecule has 1 nitrogen and oxygen atoms in total. The van der Waals surface area contributed by atoms with E-state index in [9.17, 15) is 0 Å². The molecule has 2 rings (SSSR count). The zero-order valence-electron chi connectivity index (χ0n) is 13.5. The van der Waals surface area contributed by atoms with E-state index in [0.29, 0.717) is 0 Å². The second-order valence-electron chi connectivity index (χ2n) is 5.99. The number of nitrogens with one attached hydrogen (secondary N) is 1. The van der Waals surface area contributed by atoms with Crippen molar-refractivity contribution in [2.24, 2.45) is 0 Å². The van der Waals surface area contributed by atoms with Crippen LogP contribution in [0.3, 0.4) is 0 Å². The minimum absolute atomic E-state index is 0.887. The highest BCUT2D eigenvalue weighted by atomic mass is 14.9. The van der Waals surface area contributed by atoms with Crippen molar-refractivity contribution < 1.29 is 0 Å². The number of benzene rings is 2. The SMILES string of the molecule is Cc1cc(C)c(NCc2cc(C)c(C)cc2C)c(C)c1. The number of hydrogen-bond acceptors (Lipinski definition) is 1. The molecule has 0 aliphatic carbocycles. The normalized spacial score (nSPS) is 10.7. The molecular formula is C19H25N. The summed E-state index contributed by atoms with van der Waals surface area (Å²) < 4.78 is 0. The van der Waals surface area contributed by atoms with Gasteiger partial charge in [0.25, 0.3) is 0 Å². The predicted molar refractivity (Wildman–Crippen MR) is 88.6 cm³/mol. The molecule has 0 bridgehead atoms. The van der Waals surface area contributed by atoms with E-state index < -0.39 is 0 Å². The summed E-state index contributed by atoms with van der Waals surface area (Å²) >= 11 is 0. The molecule has 0 atom stereocenters. The van der Waals surface area contributed by atoms with Crippen molar-refractivity contribution >= 4 is 5.69 Å². The molecule has 0 radical (unpaired) electrons. The summed E-state index contributed by atoms with van der Waals surface area (Å²) in [4.78, 5) is 0. The highest BCUT2D eigenvalue weighted by molar-refractivity contribution is 5.58. The summed E-state index contributed by atoms with van der Waals surface area (Å²) in [5.74, 6) is 0. The van der Waals surface area contributed by atoms with E-state index in [0.717, 1.165) is 6.54 Å². The van der Waals surface area contributed by atoms with Crippen LogP contribution >= 0.6 is 0 Å². The van der Waals surface area contributed by atoms with E-state index in [2.05, 4.69) is 71.1 Å².